The molecule has 2 aliphatic rings. The Hall–Kier alpha value is -3.41. The first-order chi connectivity index (χ1) is 18.2. The lowest BCUT2D eigenvalue weighted by Gasteiger charge is -2.31. The maximum absolute atomic E-state index is 13.5. The van der Waals surface area contributed by atoms with Crippen molar-refractivity contribution in [3.05, 3.63) is 65.7 Å². The van der Waals surface area contributed by atoms with Crippen molar-refractivity contribution in [2.75, 3.05) is 13.1 Å². The number of nitrogens with one attached hydrogen (secondary N) is 1. The van der Waals surface area contributed by atoms with Gasteiger partial charge in [0.2, 0.25) is 17.7 Å². The van der Waals surface area contributed by atoms with Crippen molar-refractivity contribution < 1.29 is 29.5 Å². The summed E-state index contributed by atoms with van der Waals surface area (Å²) in [5.41, 5.74) is 7.86. The van der Waals surface area contributed by atoms with Gasteiger partial charge in [0, 0.05) is 19.5 Å². The highest BCUT2D eigenvalue weighted by Crippen LogP contribution is 2.23. The first-order valence-corrected chi connectivity index (χ1v) is 13.1. The van der Waals surface area contributed by atoms with Crippen LogP contribution in [0, 0.1) is 0 Å². The van der Waals surface area contributed by atoms with E-state index >= 15 is 0 Å². The van der Waals surface area contributed by atoms with Gasteiger partial charge in [0.15, 0.2) is 0 Å². The minimum absolute atomic E-state index is 0.123. The maximum atomic E-state index is 13.5. The quantitative estimate of drug-likeness (QED) is 0.290. The Morgan fingerprint density at radius 3 is 2.21 bits per heavy atom. The lowest BCUT2D eigenvalue weighted by molar-refractivity contribution is -0.141. The van der Waals surface area contributed by atoms with E-state index in [1.54, 1.807) is 12.1 Å². The fourth-order valence-electron chi connectivity index (χ4n) is 5.38. The first-order valence-electron chi connectivity index (χ1n) is 13.1. The minimum atomic E-state index is -1.66. The van der Waals surface area contributed by atoms with Crippen molar-refractivity contribution in [2.45, 2.75) is 62.6 Å². The van der Waals surface area contributed by atoms with Crippen molar-refractivity contribution >= 4 is 24.8 Å². The average Bonchev–Trinajstić information content (AvgIpc) is 3.60. The number of rotatable bonds is 9. The SMILES string of the molecule is N[C@@H](Cc1ccc(O)cc1)C(=O)N1CCCC1C(=O)N[C@@H](Cc1ccccc1)C(=O)N1CCC[C@H]1B(O)O. The van der Waals surface area contributed by atoms with E-state index in [1.165, 1.54) is 21.9 Å². The summed E-state index contributed by atoms with van der Waals surface area (Å²) in [7, 11) is -1.66. The van der Waals surface area contributed by atoms with E-state index in [-0.39, 0.29) is 30.4 Å². The molecule has 2 saturated heterocycles. The van der Waals surface area contributed by atoms with Gasteiger partial charge in [-0.15, -0.1) is 0 Å². The van der Waals surface area contributed by atoms with Gasteiger partial charge in [-0.25, -0.2) is 0 Å². The summed E-state index contributed by atoms with van der Waals surface area (Å²) in [6.07, 6.45) is 2.70. The number of aromatic hydroxyl groups is 1. The zero-order valence-electron chi connectivity index (χ0n) is 21.3. The fourth-order valence-corrected chi connectivity index (χ4v) is 5.38. The van der Waals surface area contributed by atoms with E-state index in [1.807, 2.05) is 30.3 Å². The van der Waals surface area contributed by atoms with Gasteiger partial charge in [0.25, 0.3) is 0 Å². The Kier molecular flexibility index (Phi) is 9.03. The molecule has 10 nitrogen and oxygen atoms in total. The van der Waals surface area contributed by atoms with Gasteiger partial charge < -0.3 is 36.0 Å². The molecule has 0 aliphatic carbocycles. The molecule has 1 unspecified atom stereocenters. The summed E-state index contributed by atoms with van der Waals surface area (Å²) in [5, 5.41) is 31.9. The van der Waals surface area contributed by atoms with Crippen LogP contribution >= 0.6 is 0 Å². The van der Waals surface area contributed by atoms with Crippen molar-refractivity contribution in [2.24, 2.45) is 5.73 Å². The van der Waals surface area contributed by atoms with Crippen LogP contribution in [-0.4, -0.2) is 87.0 Å². The smallest absolute Gasteiger partial charge is 0.475 e. The number of hydrogen-bond acceptors (Lipinski definition) is 7. The third-order valence-electron chi connectivity index (χ3n) is 7.37. The Balaban J connectivity index is 1.47. The lowest BCUT2D eigenvalue weighted by atomic mass is 9.77. The summed E-state index contributed by atoms with van der Waals surface area (Å²) < 4.78 is 0. The first kappa shape index (κ1) is 27.6. The number of likely N-dealkylation sites (tertiary alicyclic amines) is 2. The molecule has 2 aromatic carbocycles. The van der Waals surface area contributed by atoms with Crippen molar-refractivity contribution in [1.82, 2.24) is 15.1 Å². The van der Waals surface area contributed by atoms with E-state index in [4.69, 9.17) is 5.73 Å². The van der Waals surface area contributed by atoms with Crippen molar-refractivity contribution in [1.29, 1.82) is 0 Å². The molecule has 0 saturated carbocycles. The van der Waals surface area contributed by atoms with Crippen LogP contribution in [0.25, 0.3) is 0 Å². The maximum Gasteiger partial charge on any atom is 0.475 e. The molecule has 202 valence electrons. The van der Waals surface area contributed by atoms with E-state index in [2.05, 4.69) is 5.32 Å². The Morgan fingerprint density at radius 1 is 0.895 bits per heavy atom. The zero-order valence-corrected chi connectivity index (χ0v) is 21.3. The van der Waals surface area contributed by atoms with E-state index in [0.717, 1.165) is 11.1 Å². The van der Waals surface area contributed by atoms with Crippen LogP contribution < -0.4 is 11.1 Å². The molecular weight excluding hydrogens is 487 g/mol. The monoisotopic (exact) mass is 522 g/mol. The van der Waals surface area contributed by atoms with Crippen LogP contribution in [0.1, 0.15) is 36.8 Å². The van der Waals surface area contributed by atoms with E-state index < -0.39 is 37.1 Å². The van der Waals surface area contributed by atoms with Gasteiger partial charge >= 0.3 is 7.12 Å². The normalized spacial score (nSPS) is 20.7. The highest BCUT2D eigenvalue weighted by atomic mass is 16.4. The molecule has 2 fully saturated rings. The summed E-state index contributed by atoms with van der Waals surface area (Å²) in [5.74, 6) is -1.75. The third kappa shape index (κ3) is 6.53. The molecule has 11 heteroatoms. The molecular formula is C27H35BN4O6. The molecule has 4 rings (SSSR count). The Morgan fingerprint density at radius 2 is 1.53 bits per heavy atom. The van der Waals surface area contributed by atoms with Crippen LogP contribution in [0.15, 0.2) is 54.6 Å². The number of nitrogens with two attached hydrogens (primary N) is 1. The number of carbonyl (C=O) groups excluding carboxylic acids is 3. The molecule has 2 aromatic rings. The highest BCUT2D eigenvalue weighted by molar-refractivity contribution is 6.43. The largest absolute Gasteiger partial charge is 0.508 e. The van der Waals surface area contributed by atoms with Crippen LogP contribution in [0.2, 0.25) is 0 Å². The van der Waals surface area contributed by atoms with Crippen LogP contribution in [0.4, 0.5) is 0 Å². The topological polar surface area (TPSA) is 156 Å². The standard InChI is InChI=1S/C27H35BN4O6/c29-21(16-19-10-12-20(33)13-11-19)26(35)31-14-4-8-23(31)25(34)30-22(17-18-6-2-1-3-7-18)27(36)32-15-5-9-24(32)28(37)38/h1-3,6-7,10-13,21-24,33,37-38H,4-5,8-9,14-17,29H2,(H,30,34)/t21-,22-,23?,24-/m0/s1. The summed E-state index contributed by atoms with van der Waals surface area (Å²) in [6, 6.07) is 13.2. The average molecular weight is 522 g/mol. The fraction of sp³-hybridized carbons (Fsp3) is 0.444. The lowest BCUT2D eigenvalue weighted by Crippen LogP contribution is -2.58. The van der Waals surface area contributed by atoms with Gasteiger partial charge in [0.1, 0.15) is 17.8 Å². The highest BCUT2D eigenvalue weighted by Gasteiger charge is 2.42. The molecule has 0 spiro atoms. The van der Waals surface area contributed by atoms with Crippen molar-refractivity contribution in [3.8, 4) is 5.75 Å². The van der Waals surface area contributed by atoms with Gasteiger partial charge in [-0.3, -0.25) is 14.4 Å². The minimum Gasteiger partial charge on any atom is -0.508 e. The predicted molar refractivity (Wildman–Crippen MR) is 142 cm³/mol. The molecule has 0 radical (unpaired) electrons. The summed E-state index contributed by atoms with van der Waals surface area (Å²) in [6.45, 7) is 0.769. The Labute approximate surface area is 222 Å². The molecule has 3 amide bonds. The summed E-state index contributed by atoms with van der Waals surface area (Å²) in [4.78, 5) is 43.1. The summed E-state index contributed by atoms with van der Waals surface area (Å²) >= 11 is 0. The van der Waals surface area contributed by atoms with Crippen LogP contribution in [-0.2, 0) is 27.2 Å². The number of nitrogens with zero attached hydrogens (tertiary/aromatic N) is 2. The third-order valence-corrected chi connectivity index (χ3v) is 7.37. The number of amides is 3. The molecule has 2 aliphatic heterocycles. The molecule has 2 heterocycles. The second-order valence-electron chi connectivity index (χ2n) is 10.1. The molecule has 6 N–H and O–H groups in total. The number of phenols is 1. The van der Waals surface area contributed by atoms with Crippen LogP contribution in [0.3, 0.4) is 0 Å². The second-order valence-corrected chi connectivity index (χ2v) is 10.1. The Bertz CT molecular complexity index is 1120. The second kappa shape index (κ2) is 12.4. The zero-order chi connectivity index (χ0) is 27.2. The molecule has 0 aromatic heterocycles. The number of carbonyl (C=O) groups is 3. The predicted octanol–water partition coefficient (Wildman–Crippen LogP) is -0.0165. The van der Waals surface area contributed by atoms with Gasteiger partial charge in [-0.05, 0) is 55.4 Å². The number of hydrogen-bond donors (Lipinski definition) is 5. The van der Waals surface area contributed by atoms with Gasteiger partial charge in [-0.2, -0.15) is 0 Å². The molecule has 4 atom stereocenters. The van der Waals surface area contributed by atoms with E-state index in [0.29, 0.717) is 38.8 Å². The van der Waals surface area contributed by atoms with E-state index in [9.17, 15) is 29.5 Å². The number of phenolic OH excluding ortho intramolecular Hbond substituents is 1. The number of benzene rings is 2. The van der Waals surface area contributed by atoms with Crippen molar-refractivity contribution in [3.63, 3.8) is 0 Å². The van der Waals surface area contributed by atoms with Gasteiger partial charge in [-0.1, -0.05) is 42.5 Å². The van der Waals surface area contributed by atoms with Crippen LogP contribution in [0.5, 0.6) is 5.75 Å². The van der Waals surface area contributed by atoms with Gasteiger partial charge in [0.05, 0.1) is 12.0 Å². The molecule has 0 bridgehead atoms. The molecule has 38 heavy (non-hydrogen) atoms.